The summed E-state index contributed by atoms with van der Waals surface area (Å²) in [4.78, 5) is 135. The number of carbonyl (C=O) groups excluding carboxylic acids is 8. The Morgan fingerprint density at radius 3 is 1.95 bits per heavy atom. The van der Waals surface area contributed by atoms with Crippen LogP contribution in [-0.4, -0.2) is 159 Å². The number of nitrogens with zero attached hydrogens (tertiary/aromatic N) is 1. The summed E-state index contributed by atoms with van der Waals surface area (Å²) < 4.78 is 32.0. The van der Waals surface area contributed by atoms with Crippen LogP contribution < -0.4 is 57.2 Å². The van der Waals surface area contributed by atoms with Gasteiger partial charge >= 0.3 is 11.9 Å². The molecule has 5 aromatic carbocycles. The number of hydrogen-bond donors (Lipinski definition) is 14. The van der Waals surface area contributed by atoms with Crippen molar-refractivity contribution < 1.29 is 102 Å². The van der Waals surface area contributed by atoms with Crippen LogP contribution in [0.15, 0.2) is 78.9 Å². The highest BCUT2D eigenvalue weighted by molar-refractivity contribution is 6.32. The number of carbonyl (C=O) groups is 9. The lowest BCUT2D eigenvalue weighted by molar-refractivity contribution is -0.259. The highest BCUT2D eigenvalue weighted by Gasteiger charge is 2.42. The third-order valence-electron chi connectivity index (χ3n) is 17.9. The molecule has 0 aromatic heterocycles. The van der Waals surface area contributed by atoms with E-state index in [1.807, 2.05) is 13.8 Å². The second-order valence-corrected chi connectivity index (χ2v) is 26.7. The average Bonchev–Trinajstić information content (AvgIpc) is 0.768. The number of benzene rings is 5. The molecule has 11 atom stereocenters. The first-order valence-corrected chi connectivity index (χ1v) is 34.6. The number of carboxylic acids is 1. The summed E-state index contributed by atoms with van der Waals surface area (Å²) in [5, 5.41) is 87.6. The number of aliphatic carboxylic acids is 1. The second kappa shape index (κ2) is 35.1. The fourth-order valence-electron chi connectivity index (χ4n) is 12.6. The number of phenolic OH excluding ortho intramolecular Hbond substituents is 3. The minimum absolute atomic E-state index is 0.0588. The minimum atomic E-state index is -2.22. The summed E-state index contributed by atoms with van der Waals surface area (Å²) in [6, 6.07) is 1.03. The van der Waals surface area contributed by atoms with E-state index in [0.29, 0.717) is 12.8 Å². The molecule has 0 aliphatic carbocycles. The number of fused-ring (bicyclic) bond motifs is 15. The van der Waals surface area contributed by atoms with Crippen molar-refractivity contribution in [2.24, 2.45) is 11.7 Å². The number of primary amides is 1. The van der Waals surface area contributed by atoms with Gasteiger partial charge in [-0.3, -0.25) is 43.2 Å². The molecule has 0 spiro atoms. The lowest BCUT2D eigenvalue weighted by Crippen LogP contribution is -2.59. The maximum atomic E-state index is 15.9. The molecule has 30 nitrogen and oxygen atoms in total. The van der Waals surface area contributed by atoms with Crippen molar-refractivity contribution in [2.75, 3.05) is 33.9 Å². The van der Waals surface area contributed by atoms with Gasteiger partial charge in [-0.25, -0.2) is 4.79 Å². The summed E-state index contributed by atoms with van der Waals surface area (Å²) >= 11 is 14.1. The largest absolute Gasteiger partial charge is 0.508 e. The molecule has 554 valence electrons. The molecule has 0 radical (unpaired) electrons. The topological polar surface area (TPSA) is 444 Å². The van der Waals surface area contributed by atoms with Crippen LogP contribution in [0.5, 0.6) is 46.0 Å². The van der Waals surface area contributed by atoms with Crippen molar-refractivity contribution in [3.8, 4) is 57.1 Å². The Bertz CT molecular complexity index is 4000. The Hall–Kier alpha value is -9.53. The Morgan fingerprint density at radius 2 is 1.33 bits per heavy atom. The van der Waals surface area contributed by atoms with Gasteiger partial charge in [0, 0.05) is 42.0 Å². The van der Waals surface area contributed by atoms with Gasteiger partial charge in [-0.05, 0) is 103 Å². The van der Waals surface area contributed by atoms with Crippen LogP contribution in [0.25, 0.3) is 11.1 Å². The van der Waals surface area contributed by atoms with E-state index < -0.39 is 155 Å². The maximum Gasteiger partial charge on any atom is 0.330 e. The number of nitrogens with two attached hydrogens (primary N) is 1. The molecule has 103 heavy (non-hydrogen) atoms. The fraction of sp³-hybridized carbons (Fsp3) is 0.451. The molecule has 15 N–H and O–H groups in total. The summed E-state index contributed by atoms with van der Waals surface area (Å²) in [6.45, 7) is 5.61. The number of hydrogen-bond acceptors (Lipinski definition) is 22. The van der Waals surface area contributed by atoms with E-state index in [1.165, 1.54) is 61.7 Å². The standard InChI is InChI=1S/C71H85Cl2N9O21/c1-6-7-8-9-10-11-12-13-55(87)101-40-20-22-99-54(32-40)82(98-5)21-23-100-64-51-28-38-29-52(64)103-50-19-16-37(27-44(50)73)63(89)61-70(95)79-59(71(96)97)42-30-39(83)31-48(85)56(42)41-25-35(14-17-47(41)84)57(67(92)81-61)78-68(93)58(38)77-66(91)46(33-53(74)86)76-69(94)60(80-65(90)45(75-4)24-34(2)3)62(88)36-15-18-49(102-51)43(72)26-36/h14-19,25-31,34,40,45-46,54,57-63,75,83-85,88-89H,6-13,20-24,32-33H2,1-5H3,(H2,74,86)(H,76,94)(H,77,91)(H,78,93)(H,79,95)(H,80,90)(H,81,92)(H,96,97)/t40?,45-,46+,54-,57-,58-,59+,60-,61+,62-,63-/m1/s1. The Balaban J connectivity index is 1.21. The average molecular weight is 1470 g/mol. The van der Waals surface area contributed by atoms with E-state index in [0.717, 1.165) is 74.9 Å². The van der Waals surface area contributed by atoms with Crippen molar-refractivity contribution in [1.82, 2.24) is 42.3 Å². The third-order valence-corrected chi connectivity index (χ3v) is 18.5. The van der Waals surface area contributed by atoms with E-state index in [9.17, 15) is 59.4 Å². The number of carboxylic acid groups (broad SMARTS) is 1. The number of nitrogens with one attached hydrogen (secondary N) is 7. The maximum absolute atomic E-state index is 15.9. The van der Waals surface area contributed by atoms with Crippen LogP contribution in [0.4, 0.5) is 0 Å². The van der Waals surface area contributed by atoms with E-state index in [1.54, 1.807) is 0 Å². The Labute approximate surface area is 602 Å². The number of hydroxylamine groups is 2. The minimum Gasteiger partial charge on any atom is -0.508 e. The number of phenols is 3. The van der Waals surface area contributed by atoms with Crippen molar-refractivity contribution in [3.05, 3.63) is 117 Å². The zero-order chi connectivity index (χ0) is 74.5. The van der Waals surface area contributed by atoms with Gasteiger partial charge in [-0.1, -0.05) is 101 Å². The highest BCUT2D eigenvalue weighted by Crippen LogP contribution is 2.49. The number of likely N-dealkylation sites (N-methyl/N-ethyl adjacent to an activating group) is 1. The number of aliphatic hydroxyl groups excluding tert-OH is 2. The molecule has 11 rings (SSSR count). The molecule has 7 amide bonds. The number of ether oxygens (including phenoxy) is 5. The van der Waals surface area contributed by atoms with Crippen molar-refractivity contribution in [1.29, 1.82) is 0 Å². The van der Waals surface area contributed by atoms with Crippen molar-refractivity contribution in [3.63, 3.8) is 0 Å². The number of rotatable bonds is 23. The number of unbranched alkanes of at least 4 members (excludes halogenated alkanes) is 6. The SMILES string of the molecule is CCCCCCCCCC(=O)OC1CCO[C@@H](N(CCOc2c3cc4cc2Oc2ccc(cc2Cl)[C@@H](O)[C@@H](NC(=O)[C@@H](CC(C)C)NC)C(=O)N[C@@H](CC(N)=O)C(=O)N[C@H]4C(=O)N[C@H]2C(=O)N[C@H](C(=O)N[C@H](C(=O)O)c4cc(O)cc(O)c4-c4cc2ccc4O)[C@H](O)c2ccc(c(Cl)c2)O3)OC)C1. The number of amides is 7. The van der Waals surface area contributed by atoms with Crippen molar-refractivity contribution >= 4 is 76.5 Å². The van der Waals surface area contributed by atoms with Gasteiger partial charge in [0.15, 0.2) is 17.5 Å². The highest BCUT2D eigenvalue weighted by atomic mass is 35.5. The van der Waals surface area contributed by atoms with E-state index in [4.69, 9.17) is 57.5 Å². The number of aliphatic hydroxyl groups is 2. The first kappa shape index (κ1) is 77.6. The van der Waals surface area contributed by atoms with Gasteiger partial charge in [0.05, 0.1) is 42.8 Å². The second-order valence-electron chi connectivity index (χ2n) is 25.9. The summed E-state index contributed by atoms with van der Waals surface area (Å²) in [7, 11) is 2.90. The molecular weight excluding hydrogens is 1390 g/mol. The zero-order valence-corrected chi connectivity index (χ0v) is 58.6. The van der Waals surface area contributed by atoms with Crippen LogP contribution in [0.3, 0.4) is 0 Å². The van der Waals surface area contributed by atoms with Gasteiger partial charge in [-0.15, -0.1) is 0 Å². The molecule has 1 unspecified atom stereocenters. The number of aromatic hydroxyl groups is 3. The first-order chi connectivity index (χ1) is 49.2. The molecule has 32 heteroatoms. The van der Waals surface area contributed by atoms with E-state index in [-0.39, 0.29) is 112 Å². The lowest BCUT2D eigenvalue weighted by Gasteiger charge is -2.35. The van der Waals surface area contributed by atoms with Gasteiger partial charge in [0.25, 0.3) is 0 Å². The molecule has 0 saturated carbocycles. The quantitative estimate of drug-likeness (QED) is 0.0199. The predicted molar refractivity (Wildman–Crippen MR) is 369 cm³/mol. The fourth-order valence-corrected chi connectivity index (χ4v) is 13.0. The van der Waals surface area contributed by atoms with Crippen LogP contribution in [0.1, 0.15) is 156 Å². The van der Waals surface area contributed by atoms with Crippen LogP contribution in [0.2, 0.25) is 10.0 Å². The Kier molecular flexibility index (Phi) is 26.5. The molecule has 6 aliphatic rings. The van der Waals surface area contributed by atoms with E-state index >= 15 is 14.4 Å². The van der Waals surface area contributed by atoms with Crippen LogP contribution >= 0.6 is 23.2 Å². The van der Waals surface area contributed by atoms with Gasteiger partial charge in [0.2, 0.25) is 47.1 Å². The normalized spacial score (nSPS) is 22.4. The molecular formula is C71H85Cl2N9O21. The van der Waals surface area contributed by atoms with Gasteiger partial charge < -0.3 is 97.3 Å². The first-order valence-electron chi connectivity index (χ1n) is 33.8. The Morgan fingerprint density at radius 1 is 0.709 bits per heavy atom. The van der Waals surface area contributed by atoms with E-state index in [2.05, 4.69) is 44.1 Å². The molecule has 1 fully saturated rings. The molecule has 6 aliphatic heterocycles. The number of halogens is 2. The summed E-state index contributed by atoms with van der Waals surface area (Å²) in [5.74, 6) is -14.4. The molecule has 6 heterocycles. The predicted octanol–water partition coefficient (Wildman–Crippen LogP) is 6.12. The lowest BCUT2D eigenvalue weighted by atomic mass is 9.89. The zero-order valence-electron chi connectivity index (χ0n) is 57.1. The van der Waals surface area contributed by atoms with Crippen LogP contribution in [-0.2, 0) is 57.5 Å². The van der Waals surface area contributed by atoms with Crippen LogP contribution in [0, 0.1) is 5.92 Å². The monoisotopic (exact) mass is 1470 g/mol. The van der Waals surface area contributed by atoms with Gasteiger partial charge in [-0.2, -0.15) is 5.06 Å². The summed E-state index contributed by atoms with van der Waals surface area (Å²) in [5.41, 5.74) is 3.45. The molecule has 1 saturated heterocycles. The molecule has 5 aromatic rings. The van der Waals surface area contributed by atoms with Gasteiger partial charge in [0.1, 0.15) is 90.1 Å². The molecule has 11 bridgehead atoms. The number of esters is 1. The third kappa shape index (κ3) is 19.2. The smallest absolute Gasteiger partial charge is 0.330 e. The summed E-state index contributed by atoms with van der Waals surface area (Å²) in [6.07, 6.45) is 1.83. The van der Waals surface area contributed by atoms with Crippen molar-refractivity contribution in [2.45, 2.75) is 165 Å².